The van der Waals surface area contributed by atoms with E-state index in [1.54, 1.807) is 0 Å². The van der Waals surface area contributed by atoms with Crippen LogP contribution in [0.15, 0.2) is 0 Å². The summed E-state index contributed by atoms with van der Waals surface area (Å²) in [5, 5.41) is 16.3. The summed E-state index contributed by atoms with van der Waals surface area (Å²) in [4.78, 5) is 38.4. The Hall–Kier alpha value is -1.67. The molecule has 0 amide bonds. The van der Waals surface area contributed by atoms with Gasteiger partial charge in [-0.15, -0.1) is 0 Å². The lowest BCUT2D eigenvalue weighted by Gasteiger charge is -1.99. The average Bonchev–Trinajstić information content (AvgIpc) is 2.48. The number of carbonyl (C=O) groups is 3. The molecule has 0 rings (SSSR count). The highest BCUT2D eigenvalue weighted by Crippen LogP contribution is 2.07. The molecule has 0 aliphatic carbocycles. The minimum Gasteiger partial charge on any atom is -0.481 e. The standard InChI is InChI=1S/C9H19NO3.C6H10O4/c1-2-3-4-5-6-7-8-9(11)12-13-10;7-5(8)3-1-2-4-6(9)10/h2-8,10H2,1H3;1-4H2,(H,7,8)(H,9,10). The molecule has 0 aromatic carbocycles. The van der Waals surface area contributed by atoms with Crippen LogP contribution in [0.3, 0.4) is 0 Å². The number of carboxylic acid groups (broad SMARTS) is 2. The smallest absolute Gasteiger partial charge is 0.344 e. The van der Waals surface area contributed by atoms with Crippen molar-refractivity contribution < 1.29 is 34.5 Å². The Kier molecular flexibility index (Phi) is 18.9. The van der Waals surface area contributed by atoms with Crippen molar-refractivity contribution in [3.05, 3.63) is 0 Å². The van der Waals surface area contributed by atoms with Gasteiger partial charge < -0.3 is 10.2 Å². The molecular formula is C15H29NO7. The van der Waals surface area contributed by atoms with Gasteiger partial charge in [0.1, 0.15) is 0 Å². The molecule has 0 saturated heterocycles. The third-order valence-corrected chi connectivity index (χ3v) is 2.91. The summed E-state index contributed by atoms with van der Waals surface area (Å²) >= 11 is 0. The van der Waals surface area contributed by atoms with Gasteiger partial charge in [-0.25, -0.2) is 4.79 Å². The van der Waals surface area contributed by atoms with Crippen LogP contribution >= 0.6 is 0 Å². The molecule has 4 N–H and O–H groups in total. The van der Waals surface area contributed by atoms with Gasteiger partial charge in [0.25, 0.3) is 0 Å². The molecule has 0 unspecified atom stereocenters. The quantitative estimate of drug-likeness (QED) is 0.265. The van der Waals surface area contributed by atoms with E-state index in [-0.39, 0.29) is 12.8 Å². The topological polar surface area (TPSA) is 136 Å². The van der Waals surface area contributed by atoms with Gasteiger partial charge in [-0.05, 0) is 19.3 Å². The molecule has 0 aromatic rings. The fourth-order valence-corrected chi connectivity index (χ4v) is 1.70. The van der Waals surface area contributed by atoms with E-state index in [0.717, 1.165) is 12.8 Å². The second-order valence-corrected chi connectivity index (χ2v) is 5.06. The molecule has 0 aromatic heterocycles. The Balaban J connectivity index is 0. The highest BCUT2D eigenvalue weighted by atomic mass is 17.3. The number of hydrogen-bond acceptors (Lipinski definition) is 6. The van der Waals surface area contributed by atoms with Crippen molar-refractivity contribution in [2.24, 2.45) is 5.90 Å². The first-order valence-corrected chi connectivity index (χ1v) is 7.93. The van der Waals surface area contributed by atoms with Gasteiger partial charge in [0.05, 0.1) is 0 Å². The number of aliphatic carboxylic acids is 2. The van der Waals surface area contributed by atoms with E-state index in [1.165, 1.54) is 25.7 Å². The third-order valence-electron chi connectivity index (χ3n) is 2.91. The number of rotatable bonds is 13. The maximum Gasteiger partial charge on any atom is 0.344 e. The van der Waals surface area contributed by atoms with E-state index in [2.05, 4.69) is 22.7 Å². The predicted molar refractivity (Wildman–Crippen MR) is 83.1 cm³/mol. The first-order chi connectivity index (χ1) is 10.9. The lowest BCUT2D eigenvalue weighted by molar-refractivity contribution is -0.276. The lowest BCUT2D eigenvalue weighted by atomic mass is 10.1. The van der Waals surface area contributed by atoms with Crippen LogP contribution in [0.25, 0.3) is 0 Å². The van der Waals surface area contributed by atoms with Crippen molar-refractivity contribution in [2.75, 3.05) is 0 Å². The highest BCUT2D eigenvalue weighted by Gasteiger charge is 2.02. The molecule has 0 atom stereocenters. The molecule has 0 bridgehead atoms. The van der Waals surface area contributed by atoms with Gasteiger partial charge in [0.2, 0.25) is 0 Å². The van der Waals surface area contributed by atoms with E-state index in [1.807, 2.05) is 0 Å². The van der Waals surface area contributed by atoms with Crippen LogP contribution in [0.2, 0.25) is 0 Å². The molecule has 0 fully saturated rings. The van der Waals surface area contributed by atoms with Crippen LogP contribution in [0.5, 0.6) is 0 Å². The van der Waals surface area contributed by atoms with E-state index >= 15 is 0 Å². The monoisotopic (exact) mass is 335 g/mol. The van der Waals surface area contributed by atoms with E-state index < -0.39 is 17.9 Å². The largest absolute Gasteiger partial charge is 0.481 e. The molecule has 8 nitrogen and oxygen atoms in total. The molecule has 8 heteroatoms. The van der Waals surface area contributed by atoms with Crippen LogP contribution in [0.1, 0.15) is 77.6 Å². The number of nitrogens with two attached hydrogens (primary N) is 1. The zero-order valence-electron chi connectivity index (χ0n) is 13.8. The summed E-state index contributed by atoms with van der Waals surface area (Å²) in [5.41, 5.74) is 0. The third kappa shape index (κ3) is 25.6. The SMILES string of the molecule is CCCCCCCCC(=O)OON.O=C(O)CCCCC(=O)O. The van der Waals surface area contributed by atoms with Crippen molar-refractivity contribution in [1.82, 2.24) is 0 Å². The van der Waals surface area contributed by atoms with Gasteiger partial charge in [-0.3, -0.25) is 14.5 Å². The number of carboxylic acids is 2. The summed E-state index contributed by atoms with van der Waals surface area (Å²) in [5.74, 6) is 2.43. The second kappa shape index (κ2) is 18.4. The first-order valence-electron chi connectivity index (χ1n) is 7.93. The summed E-state index contributed by atoms with van der Waals surface area (Å²) in [6.07, 6.45) is 8.28. The van der Waals surface area contributed by atoms with Gasteiger partial charge in [0.15, 0.2) is 0 Å². The van der Waals surface area contributed by atoms with Crippen LogP contribution < -0.4 is 5.90 Å². The Morgan fingerprint density at radius 2 is 1.22 bits per heavy atom. The minimum absolute atomic E-state index is 0.0628. The highest BCUT2D eigenvalue weighted by molar-refractivity contribution is 5.68. The maximum atomic E-state index is 10.7. The minimum atomic E-state index is -0.870. The van der Waals surface area contributed by atoms with Crippen molar-refractivity contribution >= 4 is 17.9 Å². The number of carbonyl (C=O) groups excluding carboxylic acids is 1. The lowest BCUT2D eigenvalue weighted by Crippen LogP contribution is -2.08. The van der Waals surface area contributed by atoms with Crippen LogP contribution in [0.4, 0.5) is 0 Å². The molecule has 0 aliphatic rings. The molecule has 0 saturated carbocycles. The first kappa shape index (κ1) is 23.6. The van der Waals surface area contributed by atoms with Gasteiger partial charge >= 0.3 is 17.9 Å². The molecular weight excluding hydrogens is 306 g/mol. The van der Waals surface area contributed by atoms with Crippen molar-refractivity contribution in [2.45, 2.75) is 77.6 Å². The molecule has 136 valence electrons. The van der Waals surface area contributed by atoms with E-state index in [4.69, 9.17) is 10.2 Å². The van der Waals surface area contributed by atoms with E-state index in [9.17, 15) is 14.4 Å². The normalized spacial score (nSPS) is 9.65. The van der Waals surface area contributed by atoms with Gasteiger partial charge in [-0.1, -0.05) is 44.0 Å². The average molecular weight is 335 g/mol. The Labute approximate surface area is 136 Å². The van der Waals surface area contributed by atoms with Crippen LogP contribution in [-0.4, -0.2) is 28.1 Å². The molecule has 23 heavy (non-hydrogen) atoms. The molecule has 0 spiro atoms. The zero-order chi connectivity index (χ0) is 17.9. The number of hydrogen-bond donors (Lipinski definition) is 3. The number of unbranched alkanes of at least 4 members (excludes halogenated alkanes) is 6. The van der Waals surface area contributed by atoms with Gasteiger partial charge in [-0.2, -0.15) is 5.90 Å². The summed E-state index contributed by atoms with van der Waals surface area (Å²) in [6, 6.07) is 0. The fourth-order valence-electron chi connectivity index (χ4n) is 1.70. The zero-order valence-corrected chi connectivity index (χ0v) is 13.8. The molecule has 0 aliphatic heterocycles. The van der Waals surface area contributed by atoms with Crippen molar-refractivity contribution in [3.8, 4) is 0 Å². The van der Waals surface area contributed by atoms with Crippen molar-refractivity contribution in [1.29, 1.82) is 0 Å². The summed E-state index contributed by atoms with van der Waals surface area (Å²) in [6.45, 7) is 2.18. The predicted octanol–water partition coefficient (Wildman–Crippen LogP) is 2.80. The maximum absolute atomic E-state index is 10.7. The second-order valence-electron chi connectivity index (χ2n) is 5.06. The van der Waals surface area contributed by atoms with Gasteiger partial charge in [0, 0.05) is 19.3 Å². The van der Waals surface area contributed by atoms with Crippen LogP contribution in [-0.2, 0) is 24.3 Å². The molecule has 0 radical (unpaired) electrons. The van der Waals surface area contributed by atoms with Crippen LogP contribution in [0, 0.1) is 0 Å². The summed E-state index contributed by atoms with van der Waals surface area (Å²) < 4.78 is 0. The Bertz CT molecular complexity index is 305. The fraction of sp³-hybridized carbons (Fsp3) is 0.800. The Morgan fingerprint density at radius 1 is 0.783 bits per heavy atom. The summed E-state index contributed by atoms with van der Waals surface area (Å²) in [7, 11) is 0. The Morgan fingerprint density at radius 3 is 1.65 bits per heavy atom. The van der Waals surface area contributed by atoms with E-state index in [0.29, 0.717) is 19.3 Å². The molecule has 0 heterocycles. The van der Waals surface area contributed by atoms with Crippen molar-refractivity contribution in [3.63, 3.8) is 0 Å².